The minimum Gasteiger partial charge on any atom is -0.338 e. The Morgan fingerprint density at radius 2 is 1.70 bits per heavy atom. The van der Waals surface area contributed by atoms with Crippen molar-refractivity contribution in [3.05, 3.63) is 89.9 Å². The summed E-state index contributed by atoms with van der Waals surface area (Å²) in [6, 6.07) is 13.4. The van der Waals surface area contributed by atoms with E-state index in [0.29, 0.717) is 11.5 Å². The summed E-state index contributed by atoms with van der Waals surface area (Å²) in [5.74, 6) is -0.154. The number of hydrogen-bond donors (Lipinski definition) is 2. The summed E-state index contributed by atoms with van der Waals surface area (Å²) in [5, 5.41) is 10.1. The van der Waals surface area contributed by atoms with Gasteiger partial charge in [-0.2, -0.15) is 18.3 Å². The zero-order valence-corrected chi connectivity index (χ0v) is 17.8. The molecule has 0 fully saturated rings. The molecule has 0 saturated heterocycles. The molecule has 2 heterocycles. The maximum Gasteiger partial charge on any atom is 0.416 e. The van der Waals surface area contributed by atoms with E-state index in [4.69, 9.17) is 0 Å². The zero-order valence-electron chi connectivity index (χ0n) is 17.8. The van der Waals surface area contributed by atoms with E-state index in [9.17, 15) is 18.0 Å². The van der Waals surface area contributed by atoms with Crippen molar-refractivity contribution in [3.8, 4) is 11.1 Å². The topological polar surface area (TPSA) is 71.8 Å². The standard InChI is InChI=1S/C24H20F3N5O/c1-15-5-3-4-6-20(15)30-22-21(11-17(12-28-22)18-13-29-32(2)14-18)31-23(33)16-7-9-19(10-8-16)24(25,26)27/h3-14H,1-2H3,(H,28,30)(H,31,33). The molecule has 2 aromatic carbocycles. The lowest BCUT2D eigenvalue weighted by molar-refractivity contribution is -0.137. The van der Waals surface area contributed by atoms with E-state index in [1.165, 1.54) is 0 Å². The fourth-order valence-corrected chi connectivity index (χ4v) is 3.23. The quantitative estimate of drug-likeness (QED) is 0.402. The van der Waals surface area contributed by atoms with Gasteiger partial charge >= 0.3 is 6.18 Å². The summed E-state index contributed by atoms with van der Waals surface area (Å²) in [6.45, 7) is 1.94. The minimum atomic E-state index is -4.47. The molecule has 1 amide bonds. The van der Waals surface area contributed by atoms with Crippen LogP contribution in [0.3, 0.4) is 0 Å². The second-order valence-electron chi connectivity index (χ2n) is 7.49. The van der Waals surface area contributed by atoms with Crippen LogP contribution in [-0.4, -0.2) is 20.7 Å². The van der Waals surface area contributed by atoms with Crippen molar-refractivity contribution in [2.45, 2.75) is 13.1 Å². The molecule has 9 heteroatoms. The summed E-state index contributed by atoms with van der Waals surface area (Å²) in [7, 11) is 1.79. The number of amides is 1. The SMILES string of the molecule is Cc1ccccc1Nc1ncc(-c2cnn(C)c2)cc1NC(=O)c1ccc(C(F)(F)F)cc1. The lowest BCUT2D eigenvalue weighted by atomic mass is 10.1. The molecule has 0 unspecified atom stereocenters. The number of carbonyl (C=O) groups excluding carboxylic acids is 1. The number of nitrogens with one attached hydrogen (secondary N) is 2. The van der Waals surface area contributed by atoms with Gasteiger partial charge in [0.15, 0.2) is 5.82 Å². The number of hydrogen-bond acceptors (Lipinski definition) is 4. The van der Waals surface area contributed by atoms with Gasteiger partial charge in [0.1, 0.15) is 0 Å². The van der Waals surface area contributed by atoms with Crippen LogP contribution in [0.2, 0.25) is 0 Å². The molecule has 0 radical (unpaired) electrons. The van der Waals surface area contributed by atoms with Gasteiger partial charge in [0.2, 0.25) is 0 Å². The summed E-state index contributed by atoms with van der Waals surface area (Å²) >= 11 is 0. The van der Waals surface area contributed by atoms with E-state index in [2.05, 4.69) is 20.7 Å². The molecule has 0 aliphatic rings. The fourth-order valence-electron chi connectivity index (χ4n) is 3.23. The van der Waals surface area contributed by atoms with Gasteiger partial charge in [-0.3, -0.25) is 9.48 Å². The number of nitrogens with zero attached hydrogens (tertiary/aromatic N) is 3. The van der Waals surface area contributed by atoms with Crippen LogP contribution in [0.1, 0.15) is 21.5 Å². The third-order valence-electron chi connectivity index (χ3n) is 5.05. The van der Waals surface area contributed by atoms with E-state index in [0.717, 1.165) is 46.6 Å². The first-order valence-corrected chi connectivity index (χ1v) is 10.0. The first-order chi connectivity index (χ1) is 15.7. The second-order valence-corrected chi connectivity index (χ2v) is 7.49. The summed E-state index contributed by atoms with van der Waals surface area (Å²) in [4.78, 5) is 17.3. The summed E-state index contributed by atoms with van der Waals surface area (Å²) < 4.78 is 40.2. The van der Waals surface area contributed by atoms with Crippen molar-refractivity contribution in [1.82, 2.24) is 14.8 Å². The number of carbonyl (C=O) groups is 1. The van der Waals surface area contributed by atoms with Gasteiger partial charge in [0, 0.05) is 41.8 Å². The molecular weight excluding hydrogens is 431 g/mol. The van der Waals surface area contributed by atoms with Crippen LogP contribution in [0.4, 0.5) is 30.4 Å². The van der Waals surface area contributed by atoms with Crippen LogP contribution in [-0.2, 0) is 13.2 Å². The van der Waals surface area contributed by atoms with Crippen molar-refractivity contribution in [3.63, 3.8) is 0 Å². The number of anilines is 3. The molecule has 0 bridgehead atoms. The van der Waals surface area contributed by atoms with Gasteiger partial charge < -0.3 is 10.6 Å². The van der Waals surface area contributed by atoms with Crippen molar-refractivity contribution in [1.29, 1.82) is 0 Å². The lowest BCUT2D eigenvalue weighted by Crippen LogP contribution is -2.14. The van der Waals surface area contributed by atoms with Crippen molar-refractivity contribution in [2.24, 2.45) is 7.05 Å². The Kier molecular flexibility index (Phi) is 5.87. The maximum absolute atomic E-state index is 12.8. The first kappa shape index (κ1) is 22.1. The van der Waals surface area contributed by atoms with Crippen LogP contribution in [0.5, 0.6) is 0 Å². The average Bonchev–Trinajstić information content (AvgIpc) is 3.22. The van der Waals surface area contributed by atoms with Crippen LogP contribution >= 0.6 is 0 Å². The van der Waals surface area contributed by atoms with Gasteiger partial charge in [0.05, 0.1) is 17.4 Å². The number of rotatable bonds is 5. The molecule has 2 N–H and O–H groups in total. The number of aromatic nitrogens is 3. The predicted octanol–water partition coefficient (Wildman–Crippen LogP) is 5.81. The van der Waals surface area contributed by atoms with Crippen molar-refractivity contribution in [2.75, 3.05) is 10.6 Å². The highest BCUT2D eigenvalue weighted by Crippen LogP contribution is 2.31. The van der Waals surface area contributed by atoms with Gasteiger partial charge in [-0.1, -0.05) is 18.2 Å². The Morgan fingerprint density at radius 3 is 2.33 bits per heavy atom. The van der Waals surface area contributed by atoms with Gasteiger partial charge in [-0.05, 0) is 48.9 Å². The van der Waals surface area contributed by atoms with Gasteiger partial charge in [-0.15, -0.1) is 0 Å². The monoisotopic (exact) mass is 451 g/mol. The summed E-state index contributed by atoms with van der Waals surface area (Å²) in [6.07, 6.45) is 0.673. The number of aryl methyl sites for hydroxylation is 2. The Morgan fingerprint density at radius 1 is 0.970 bits per heavy atom. The van der Waals surface area contributed by atoms with Crippen molar-refractivity contribution < 1.29 is 18.0 Å². The summed E-state index contributed by atoms with van der Waals surface area (Å²) in [5.41, 5.74) is 2.97. The van der Waals surface area contributed by atoms with E-state index >= 15 is 0 Å². The number of alkyl halides is 3. The highest BCUT2D eigenvalue weighted by Gasteiger charge is 2.30. The minimum absolute atomic E-state index is 0.0941. The number of halogens is 3. The molecule has 0 spiro atoms. The van der Waals surface area contributed by atoms with Crippen LogP contribution in [0.15, 0.2) is 73.2 Å². The number of benzene rings is 2. The van der Waals surface area contributed by atoms with E-state index in [1.54, 1.807) is 30.2 Å². The largest absolute Gasteiger partial charge is 0.416 e. The third-order valence-corrected chi connectivity index (χ3v) is 5.05. The highest BCUT2D eigenvalue weighted by atomic mass is 19.4. The van der Waals surface area contributed by atoms with Crippen molar-refractivity contribution >= 4 is 23.1 Å². The molecule has 4 rings (SSSR count). The number of para-hydroxylation sites is 1. The fraction of sp³-hybridized carbons (Fsp3) is 0.125. The third kappa shape index (κ3) is 5.03. The Hall–Kier alpha value is -4.14. The van der Waals surface area contributed by atoms with Crippen LogP contribution < -0.4 is 10.6 Å². The molecule has 0 aliphatic carbocycles. The molecule has 0 atom stereocenters. The molecule has 33 heavy (non-hydrogen) atoms. The molecule has 6 nitrogen and oxygen atoms in total. The normalized spacial score (nSPS) is 11.3. The van der Waals surface area contributed by atoms with E-state index < -0.39 is 17.6 Å². The number of pyridine rings is 1. The predicted molar refractivity (Wildman–Crippen MR) is 120 cm³/mol. The van der Waals surface area contributed by atoms with E-state index in [-0.39, 0.29) is 5.56 Å². The zero-order chi connectivity index (χ0) is 23.6. The molecule has 0 aliphatic heterocycles. The molecule has 168 valence electrons. The second kappa shape index (κ2) is 8.78. The Labute approximate surface area is 188 Å². The lowest BCUT2D eigenvalue weighted by Gasteiger charge is -2.15. The molecule has 4 aromatic rings. The van der Waals surface area contributed by atoms with E-state index in [1.807, 2.05) is 37.4 Å². The van der Waals surface area contributed by atoms with Crippen LogP contribution in [0.25, 0.3) is 11.1 Å². The Bertz CT molecular complexity index is 1300. The molecule has 0 saturated carbocycles. The maximum atomic E-state index is 12.8. The van der Waals surface area contributed by atoms with Gasteiger partial charge in [-0.25, -0.2) is 4.98 Å². The first-order valence-electron chi connectivity index (χ1n) is 10.0. The Balaban J connectivity index is 1.67. The average molecular weight is 451 g/mol. The smallest absolute Gasteiger partial charge is 0.338 e. The highest BCUT2D eigenvalue weighted by molar-refractivity contribution is 6.06. The van der Waals surface area contributed by atoms with Gasteiger partial charge in [0.25, 0.3) is 5.91 Å². The molecule has 2 aromatic heterocycles. The van der Waals surface area contributed by atoms with Crippen LogP contribution in [0, 0.1) is 6.92 Å². The molecular formula is C24H20F3N5O.